The summed E-state index contributed by atoms with van der Waals surface area (Å²) in [4.78, 5) is 6.24. The second kappa shape index (κ2) is 3.69. The van der Waals surface area contributed by atoms with E-state index in [0.29, 0.717) is 11.7 Å². The van der Waals surface area contributed by atoms with E-state index in [1.54, 1.807) is 0 Å². The smallest absolute Gasteiger partial charge is 0.297 e. The lowest BCUT2D eigenvalue weighted by molar-refractivity contribution is 0.492. The highest BCUT2D eigenvalue weighted by molar-refractivity contribution is 5.92. The van der Waals surface area contributed by atoms with Crippen molar-refractivity contribution < 1.29 is 4.42 Å². The van der Waals surface area contributed by atoms with E-state index >= 15 is 0 Å². The van der Waals surface area contributed by atoms with Gasteiger partial charge < -0.3 is 15.1 Å². The number of nitrogens with one attached hydrogen (secondary N) is 1. The van der Waals surface area contributed by atoms with Gasteiger partial charge in [-0.2, -0.15) is 4.98 Å². The first-order valence-corrected chi connectivity index (χ1v) is 4.82. The Hall–Kier alpha value is -1.52. The fourth-order valence-electron chi connectivity index (χ4n) is 1.62. The Morgan fingerprint density at radius 2 is 2.14 bits per heavy atom. The summed E-state index contributed by atoms with van der Waals surface area (Å²) in [5.74, 6) is -0.0444. The summed E-state index contributed by atoms with van der Waals surface area (Å²) >= 11 is 0. The van der Waals surface area contributed by atoms with Crippen LogP contribution >= 0.6 is 0 Å². The van der Waals surface area contributed by atoms with Crippen molar-refractivity contribution in [2.24, 2.45) is 5.73 Å². The van der Waals surface area contributed by atoms with Crippen LogP contribution < -0.4 is 10.6 Å². The monoisotopic (exact) mass is 194 g/mol. The Morgan fingerprint density at radius 1 is 1.43 bits per heavy atom. The summed E-state index contributed by atoms with van der Waals surface area (Å²) in [5.41, 5.74) is 5.72. The number of oxazole rings is 1. The third-order valence-corrected chi connectivity index (χ3v) is 2.39. The molecule has 0 aromatic carbocycles. The van der Waals surface area contributed by atoms with Crippen molar-refractivity contribution in [1.29, 1.82) is 5.41 Å². The van der Waals surface area contributed by atoms with Crippen LogP contribution in [0.2, 0.25) is 0 Å². The minimum absolute atomic E-state index is 0.0444. The van der Waals surface area contributed by atoms with Gasteiger partial charge in [-0.15, -0.1) is 0 Å². The van der Waals surface area contributed by atoms with E-state index < -0.39 is 0 Å². The summed E-state index contributed by atoms with van der Waals surface area (Å²) in [6.45, 7) is 1.97. The summed E-state index contributed by atoms with van der Waals surface area (Å²) in [7, 11) is 0. The molecule has 0 saturated carbocycles. The van der Waals surface area contributed by atoms with Crippen LogP contribution in [0.3, 0.4) is 0 Å². The molecule has 0 radical (unpaired) electrons. The van der Waals surface area contributed by atoms with Crippen molar-refractivity contribution in [2.75, 3.05) is 18.0 Å². The molecule has 1 saturated heterocycles. The standard InChI is InChI=1S/C9H14N4O/c10-8(11)7-6-14-9(12-7)13-4-2-1-3-5-13/h6H,1-5H2,(H3,10,11). The molecule has 5 nitrogen and oxygen atoms in total. The van der Waals surface area contributed by atoms with Crippen molar-refractivity contribution in [3.05, 3.63) is 12.0 Å². The Morgan fingerprint density at radius 3 is 2.71 bits per heavy atom. The second-order valence-electron chi connectivity index (χ2n) is 3.48. The van der Waals surface area contributed by atoms with Crippen molar-refractivity contribution in [1.82, 2.24) is 4.98 Å². The Balaban J connectivity index is 2.11. The highest BCUT2D eigenvalue weighted by atomic mass is 16.4. The molecule has 0 amide bonds. The molecule has 2 rings (SSSR count). The number of nitrogens with zero attached hydrogens (tertiary/aromatic N) is 2. The highest BCUT2D eigenvalue weighted by Gasteiger charge is 2.16. The third kappa shape index (κ3) is 1.71. The summed E-state index contributed by atoms with van der Waals surface area (Å²) in [6, 6.07) is 0.592. The largest absolute Gasteiger partial charge is 0.431 e. The van der Waals surface area contributed by atoms with Crippen LogP contribution in [0.4, 0.5) is 6.01 Å². The van der Waals surface area contributed by atoms with Crippen molar-refractivity contribution in [3.63, 3.8) is 0 Å². The molecule has 1 aromatic rings. The maximum Gasteiger partial charge on any atom is 0.297 e. The molecule has 0 unspecified atom stereocenters. The van der Waals surface area contributed by atoms with Crippen LogP contribution in [-0.2, 0) is 0 Å². The van der Waals surface area contributed by atoms with Gasteiger partial charge in [0.2, 0.25) is 0 Å². The van der Waals surface area contributed by atoms with Gasteiger partial charge in [0.05, 0.1) is 0 Å². The molecule has 1 aliphatic heterocycles. The molecule has 2 heterocycles. The fraction of sp³-hybridized carbons (Fsp3) is 0.556. The average Bonchev–Trinajstić information content (AvgIpc) is 2.68. The van der Waals surface area contributed by atoms with E-state index in [2.05, 4.69) is 9.88 Å². The molecule has 0 bridgehead atoms. The molecule has 0 spiro atoms. The van der Waals surface area contributed by atoms with Gasteiger partial charge in [0.1, 0.15) is 17.8 Å². The zero-order valence-corrected chi connectivity index (χ0v) is 7.99. The zero-order chi connectivity index (χ0) is 9.97. The van der Waals surface area contributed by atoms with E-state index in [4.69, 9.17) is 15.6 Å². The molecule has 0 aliphatic carbocycles. The molecule has 5 heteroatoms. The van der Waals surface area contributed by atoms with Crippen LogP contribution in [-0.4, -0.2) is 23.9 Å². The van der Waals surface area contributed by atoms with Crippen molar-refractivity contribution >= 4 is 11.9 Å². The van der Waals surface area contributed by atoms with E-state index in [9.17, 15) is 0 Å². The lowest BCUT2D eigenvalue weighted by Gasteiger charge is -2.24. The number of amidine groups is 1. The molecule has 76 valence electrons. The third-order valence-electron chi connectivity index (χ3n) is 2.39. The first-order chi connectivity index (χ1) is 6.77. The van der Waals surface area contributed by atoms with Gasteiger partial charge in [-0.1, -0.05) is 0 Å². The number of nitrogens with two attached hydrogens (primary N) is 1. The first-order valence-electron chi connectivity index (χ1n) is 4.82. The maximum atomic E-state index is 7.20. The van der Waals surface area contributed by atoms with Gasteiger partial charge in [0.25, 0.3) is 6.01 Å². The number of hydrogen-bond acceptors (Lipinski definition) is 4. The number of rotatable bonds is 2. The molecule has 1 fully saturated rings. The van der Waals surface area contributed by atoms with E-state index in [1.165, 1.54) is 25.5 Å². The predicted molar refractivity (Wildman–Crippen MR) is 53.6 cm³/mol. The topological polar surface area (TPSA) is 79.1 Å². The molecular weight excluding hydrogens is 180 g/mol. The van der Waals surface area contributed by atoms with Crippen LogP contribution in [0, 0.1) is 5.41 Å². The summed E-state index contributed by atoms with van der Waals surface area (Å²) in [5, 5.41) is 7.20. The Labute approximate surface area is 82.4 Å². The maximum absolute atomic E-state index is 7.20. The number of hydrogen-bond donors (Lipinski definition) is 2. The van der Waals surface area contributed by atoms with Crippen LogP contribution in [0.1, 0.15) is 25.0 Å². The number of anilines is 1. The second-order valence-corrected chi connectivity index (χ2v) is 3.48. The van der Waals surface area contributed by atoms with Crippen LogP contribution in [0.15, 0.2) is 10.7 Å². The van der Waals surface area contributed by atoms with Crippen LogP contribution in [0.25, 0.3) is 0 Å². The first kappa shape index (κ1) is 9.05. The number of piperidine rings is 1. The lowest BCUT2D eigenvalue weighted by atomic mass is 10.1. The average molecular weight is 194 g/mol. The van der Waals surface area contributed by atoms with Gasteiger partial charge in [-0.25, -0.2) is 0 Å². The van der Waals surface area contributed by atoms with Crippen molar-refractivity contribution in [2.45, 2.75) is 19.3 Å². The van der Waals surface area contributed by atoms with E-state index in [0.717, 1.165) is 13.1 Å². The van der Waals surface area contributed by atoms with Crippen molar-refractivity contribution in [3.8, 4) is 0 Å². The van der Waals surface area contributed by atoms with Gasteiger partial charge >= 0.3 is 0 Å². The number of aromatic nitrogens is 1. The summed E-state index contributed by atoms with van der Waals surface area (Å²) in [6.07, 6.45) is 5.07. The highest BCUT2D eigenvalue weighted by Crippen LogP contribution is 2.18. The van der Waals surface area contributed by atoms with E-state index in [1.807, 2.05) is 0 Å². The molecule has 1 aliphatic rings. The lowest BCUT2D eigenvalue weighted by Crippen LogP contribution is -2.29. The minimum atomic E-state index is -0.0444. The molecule has 14 heavy (non-hydrogen) atoms. The minimum Gasteiger partial charge on any atom is -0.431 e. The normalized spacial score (nSPS) is 17.0. The van der Waals surface area contributed by atoms with Crippen LogP contribution in [0.5, 0.6) is 0 Å². The molecule has 0 atom stereocenters. The van der Waals surface area contributed by atoms with E-state index in [-0.39, 0.29) is 5.84 Å². The number of nitrogen functional groups attached to an aromatic ring is 1. The predicted octanol–water partition coefficient (Wildman–Crippen LogP) is 0.949. The van der Waals surface area contributed by atoms with Gasteiger partial charge in [0, 0.05) is 13.1 Å². The molecule has 1 aromatic heterocycles. The van der Waals surface area contributed by atoms with Gasteiger partial charge in [0.15, 0.2) is 0 Å². The van der Waals surface area contributed by atoms with Gasteiger partial charge in [-0.3, -0.25) is 5.41 Å². The quantitative estimate of drug-likeness (QED) is 0.542. The fourth-order valence-corrected chi connectivity index (χ4v) is 1.62. The Kier molecular flexibility index (Phi) is 2.39. The SMILES string of the molecule is N=C(N)c1coc(N2CCCCC2)n1. The summed E-state index contributed by atoms with van der Waals surface area (Å²) < 4.78 is 5.26. The zero-order valence-electron chi connectivity index (χ0n) is 7.99. The molecular formula is C9H14N4O. The van der Waals surface area contributed by atoms with Gasteiger partial charge in [-0.05, 0) is 19.3 Å². The molecule has 3 N–H and O–H groups in total. The Bertz CT molecular complexity index is 327.